The van der Waals surface area contributed by atoms with Crippen molar-refractivity contribution in [1.29, 1.82) is 0 Å². The Labute approximate surface area is 188 Å². The molecule has 8 heteroatoms. The van der Waals surface area contributed by atoms with E-state index in [1.165, 1.54) is 0 Å². The second kappa shape index (κ2) is 8.45. The van der Waals surface area contributed by atoms with Crippen molar-refractivity contribution >= 4 is 34.4 Å². The van der Waals surface area contributed by atoms with Gasteiger partial charge in [0.2, 0.25) is 0 Å². The molecule has 0 aliphatic heterocycles. The monoisotopic (exact) mass is 447 g/mol. The first-order valence-corrected chi connectivity index (χ1v) is 11.0. The van der Waals surface area contributed by atoms with Crippen molar-refractivity contribution in [2.24, 2.45) is 0 Å². The fourth-order valence-corrected chi connectivity index (χ4v) is 4.27. The lowest BCUT2D eigenvalue weighted by molar-refractivity contribution is 0.414. The molecule has 0 saturated heterocycles. The van der Waals surface area contributed by atoms with Crippen LogP contribution in [-0.2, 0) is 5.75 Å². The number of halogens is 1. The zero-order chi connectivity index (χ0) is 21.2. The lowest BCUT2D eigenvalue weighted by atomic mass is 10.2. The van der Waals surface area contributed by atoms with Gasteiger partial charge in [0, 0.05) is 16.3 Å². The van der Waals surface area contributed by atoms with Crippen LogP contribution in [0, 0.1) is 0 Å². The van der Waals surface area contributed by atoms with Crippen LogP contribution in [0.4, 0.5) is 0 Å². The molecule has 0 aliphatic carbocycles. The largest absolute Gasteiger partial charge is 0.497 e. The summed E-state index contributed by atoms with van der Waals surface area (Å²) in [7, 11) is 1.65. The Morgan fingerprint density at radius 3 is 2.48 bits per heavy atom. The van der Waals surface area contributed by atoms with Gasteiger partial charge in [-0.15, -0.1) is 10.2 Å². The number of thioether (sulfide) groups is 1. The Morgan fingerprint density at radius 2 is 1.74 bits per heavy atom. The molecule has 3 aromatic carbocycles. The molecule has 2 aromatic heterocycles. The molecule has 0 saturated carbocycles. The lowest BCUT2D eigenvalue weighted by Gasteiger charge is -2.11. The average Bonchev–Trinajstić information content (AvgIpc) is 3.42. The molecule has 2 heterocycles. The van der Waals surface area contributed by atoms with Gasteiger partial charge >= 0.3 is 0 Å². The molecule has 0 atom stereocenters. The summed E-state index contributed by atoms with van der Waals surface area (Å²) in [6.07, 6.45) is 0. The van der Waals surface area contributed by atoms with E-state index in [0.717, 1.165) is 44.8 Å². The maximum Gasteiger partial charge on any atom is 0.196 e. The minimum atomic E-state index is 0.642. The molecule has 6 nitrogen and oxygen atoms in total. The van der Waals surface area contributed by atoms with Crippen molar-refractivity contribution in [1.82, 2.24) is 24.7 Å². The second-order valence-corrected chi connectivity index (χ2v) is 8.21. The van der Waals surface area contributed by atoms with Gasteiger partial charge in [0.05, 0.1) is 23.9 Å². The first-order chi connectivity index (χ1) is 15.2. The summed E-state index contributed by atoms with van der Waals surface area (Å²) in [6, 6.07) is 23.4. The molecule has 0 amide bonds. The molecule has 1 N–H and O–H groups in total. The molecule has 31 heavy (non-hydrogen) atoms. The number of hydrogen-bond donors (Lipinski definition) is 1. The van der Waals surface area contributed by atoms with E-state index in [1.807, 2.05) is 77.4 Å². The third-order valence-electron chi connectivity index (χ3n) is 4.84. The lowest BCUT2D eigenvalue weighted by Crippen LogP contribution is -2.00. The highest BCUT2D eigenvalue weighted by molar-refractivity contribution is 7.98. The van der Waals surface area contributed by atoms with Crippen molar-refractivity contribution in [3.63, 3.8) is 0 Å². The van der Waals surface area contributed by atoms with Gasteiger partial charge in [-0.05, 0) is 60.7 Å². The standard InChI is InChI=1S/C23H18ClN5OS/c1-30-18-12-10-17(11-13-18)29-22(15-6-8-16(24)9-7-15)27-28-23(29)31-14-21-25-19-4-2-3-5-20(19)26-21/h2-13H,14H2,1H3,(H,25,26). The minimum Gasteiger partial charge on any atom is -0.497 e. The van der Waals surface area contributed by atoms with Gasteiger partial charge in [-0.1, -0.05) is 35.5 Å². The number of aromatic amines is 1. The molecule has 0 fully saturated rings. The maximum absolute atomic E-state index is 6.07. The normalized spacial score (nSPS) is 11.2. The Balaban J connectivity index is 1.51. The van der Waals surface area contributed by atoms with E-state index in [0.29, 0.717) is 10.8 Å². The van der Waals surface area contributed by atoms with E-state index in [1.54, 1.807) is 18.9 Å². The van der Waals surface area contributed by atoms with Crippen molar-refractivity contribution < 1.29 is 4.74 Å². The smallest absolute Gasteiger partial charge is 0.196 e. The second-order valence-electron chi connectivity index (χ2n) is 6.84. The van der Waals surface area contributed by atoms with E-state index in [4.69, 9.17) is 16.3 Å². The number of nitrogens with zero attached hydrogens (tertiary/aromatic N) is 4. The summed E-state index contributed by atoms with van der Waals surface area (Å²) < 4.78 is 7.34. The fourth-order valence-electron chi connectivity index (χ4n) is 3.32. The van der Waals surface area contributed by atoms with Crippen LogP contribution in [0.15, 0.2) is 78.0 Å². The van der Waals surface area contributed by atoms with Gasteiger partial charge in [0.15, 0.2) is 11.0 Å². The Hall–Kier alpha value is -3.29. The van der Waals surface area contributed by atoms with Crippen molar-refractivity contribution in [3.8, 4) is 22.8 Å². The third-order valence-corrected chi connectivity index (χ3v) is 6.03. The number of nitrogens with one attached hydrogen (secondary N) is 1. The van der Waals surface area contributed by atoms with Gasteiger partial charge in [0.25, 0.3) is 0 Å². The number of H-pyrrole nitrogens is 1. The number of hydrogen-bond acceptors (Lipinski definition) is 5. The number of fused-ring (bicyclic) bond motifs is 1. The Morgan fingerprint density at radius 1 is 0.968 bits per heavy atom. The molecular formula is C23H18ClN5OS. The summed E-state index contributed by atoms with van der Waals surface area (Å²) in [6.45, 7) is 0. The average molecular weight is 448 g/mol. The topological polar surface area (TPSA) is 68.6 Å². The number of aromatic nitrogens is 5. The van der Waals surface area contributed by atoms with Crippen molar-refractivity contribution in [2.45, 2.75) is 10.9 Å². The van der Waals surface area contributed by atoms with E-state index >= 15 is 0 Å². The van der Waals surface area contributed by atoms with E-state index in [-0.39, 0.29) is 0 Å². The van der Waals surface area contributed by atoms with Gasteiger partial charge in [-0.2, -0.15) is 0 Å². The minimum absolute atomic E-state index is 0.642. The van der Waals surface area contributed by atoms with Gasteiger partial charge < -0.3 is 9.72 Å². The number of methoxy groups -OCH3 is 1. The number of para-hydroxylation sites is 2. The molecule has 0 radical (unpaired) electrons. The van der Waals surface area contributed by atoms with Crippen LogP contribution in [-0.4, -0.2) is 31.8 Å². The first kappa shape index (κ1) is 19.7. The van der Waals surface area contributed by atoms with Gasteiger partial charge in [-0.25, -0.2) is 4.98 Å². The van der Waals surface area contributed by atoms with Crippen molar-refractivity contribution in [2.75, 3.05) is 7.11 Å². The molecule has 154 valence electrons. The van der Waals surface area contributed by atoms with E-state index in [2.05, 4.69) is 20.2 Å². The van der Waals surface area contributed by atoms with Gasteiger partial charge in [-0.3, -0.25) is 4.57 Å². The van der Waals surface area contributed by atoms with E-state index in [9.17, 15) is 0 Å². The number of rotatable bonds is 6. The van der Waals surface area contributed by atoms with Crippen LogP contribution in [0.5, 0.6) is 5.75 Å². The van der Waals surface area contributed by atoms with Crippen LogP contribution in [0.3, 0.4) is 0 Å². The third kappa shape index (κ3) is 4.02. The summed E-state index contributed by atoms with van der Waals surface area (Å²) in [5.74, 6) is 3.07. The molecule has 5 aromatic rings. The van der Waals surface area contributed by atoms with Gasteiger partial charge in [0.1, 0.15) is 11.6 Å². The molecule has 5 rings (SSSR count). The highest BCUT2D eigenvalue weighted by Crippen LogP contribution is 2.31. The molecule has 0 aliphatic rings. The quantitative estimate of drug-likeness (QED) is 0.335. The SMILES string of the molecule is COc1ccc(-n2c(SCc3nc4ccccc4[nH]3)nnc2-c2ccc(Cl)cc2)cc1. The number of imidazole rings is 1. The highest BCUT2D eigenvalue weighted by Gasteiger charge is 2.17. The van der Waals surface area contributed by atoms with Crippen LogP contribution >= 0.6 is 23.4 Å². The first-order valence-electron chi connectivity index (χ1n) is 9.63. The zero-order valence-electron chi connectivity index (χ0n) is 16.6. The Bertz CT molecular complexity index is 1300. The maximum atomic E-state index is 6.07. The number of benzene rings is 3. The predicted molar refractivity (Wildman–Crippen MR) is 124 cm³/mol. The van der Waals surface area contributed by atoms with Crippen LogP contribution in [0.2, 0.25) is 5.02 Å². The summed E-state index contributed by atoms with van der Waals surface area (Å²) >= 11 is 7.65. The Kier molecular flexibility index (Phi) is 5.36. The summed E-state index contributed by atoms with van der Waals surface area (Å²) in [5, 5.41) is 10.4. The number of ether oxygens (including phenoxy) is 1. The molecule has 0 spiro atoms. The van der Waals surface area contributed by atoms with E-state index < -0.39 is 0 Å². The summed E-state index contributed by atoms with van der Waals surface area (Å²) in [5.41, 5.74) is 3.86. The fraction of sp³-hybridized carbons (Fsp3) is 0.0870. The molecular weight excluding hydrogens is 430 g/mol. The van der Waals surface area contributed by atoms with Crippen LogP contribution < -0.4 is 4.74 Å². The molecule has 0 unspecified atom stereocenters. The highest BCUT2D eigenvalue weighted by atomic mass is 35.5. The zero-order valence-corrected chi connectivity index (χ0v) is 18.2. The van der Waals surface area contributed by atoms with Crippen molar-refractivity contribution in [3.05, 3.63) is 83.6 Å². The summed E-state index contributed by atoms with van der Waals surface area (Å²) in [4.78, 5) is 8.03. The predicted octanol–water partition coefficient (Wildman–Crippen LogP) is 5.76. The molecule has 0 bridgehead atoms. The van der Waals surface area contributed by atoms with Crippen LogP contribution in [0.25, 0.3) is 28.1 Å². The van der Waals surface area contributed by atoms with Crippen LogP contribution in [0.1, 0.15) is 5.82 Å².